The standard InChI is InChI=1S/C41H30N2/c1-27-24-30(38-17-8-18-39(43-38)32-12-9-23-42-26-32)21-22-33(27)41-36-15-6-4-13-34(36)40(35-14-5-7-16-37(35)41)31-20-19-28-10-2-3-11-29(28)25-31/h2-11,13-26,32H,12H2,1H3. The van der Waals surface area contributed by atoms with Gasteiger partial charge in [0.2, 0.25) is 0 Å². The molecule has 2 heteroatoms. The smallest absolute Gasteiger partial charge is 0.0705 e. The Morgan fingerprint density at radius 3 is 1.95 bits per heavy atom. The van der Waals surface area contributed by atoms with Crippen LogP contribution < -0.4 is 0 Å². The average molecular weight is 551 g/mol. The highest BCUT2D eigenvalue weighted by Crippen LogP contribution is 2.45. The van der Waals surface area contributed by atoms with Crippen molar-refractivity contribution >= 4 is 38.5 Å². The molecule has 0 radical (unpaired) electrons. The molecule has 7 aromatic rings. The molecule has 1 unspecified atom stereocenters. The summed E-state index contributed by atoms with van der Waals surface area (Å²) in [6.07, 6.45) is 6.91. The van der Waals surface area contributed by atoms with E-state index in [0.29, 0.717) is 0 Å². The molecule has 1 atom stereocenters. The SMILES string of the molecule is Cc1cc(-c2cccc(C3C=NC=CC3)n2)ccc1-c1c2ccccc2c(-c2ccc3ccccc3c2)c2ccccc12. The Labute approximate surface area is 251 Å². The van der Waals surface area contributed by atoms with Crippen LogP contribution in [0.1, 0.15) is 23.6 Å². The van der Waals surface area contributed by atoms with Crippen LogP contribution in [0.2, 0.25) is 0 Å². The third-order valence-electron chi connectivity index (χ3n) is 8.76. The zero-order chi connectivity index (χ0) is 28.8. The molecular formula is C41H30N2. The number of allylic oxidation sites excluding steroid dienone is 1. The van der Waals surface area contributed by atoms with Crippen LogP contribution >= 0.6 is 0 Å². The minimum absolute atomic E-state index is 0.226. The molecule has 0 aliphatic carbocycles. The molecule has 8 rings (SSSR count). The predicted octanol–water partition coefficient (Wildman–Crippen LogP) is 10.9. The molecule has 43 heavy (non-hydrogen) atoms. The number of benzene rings is 6. The van der Waals surface area contributed by atoms with E-state index < -0.39 is 0 Å². The summed E-state index contributed by atoms with van der Waals surface area (Å²) in [5, 5.41) is 7.60. The molecule has 6 aromatic carbocycles. The third-order valence-corrected chi connectivity index (χ3v) is 8.76. The molecule has 0 N–H and O–H groups in total. The third kappa shape index (κ3) is 4.43. The van der Waals surface area contributed by atoms with Crippen LogP contribution in [0.15, 0.2) is 145 Å². The van der Waals surface area contributed by atoms with Crippen LogP contribution in [-0.2, 0) is 0 Å². The lowest BCUT2D eigenvalue weighted by Gasteiger charge is -2.19. The van der Waals surface area contributed by atoms with Gasteiger partial charge >= 0.3 is 0 Å². The first-order valence-electron chi connectivity index (χ1n) is 14.9. The van der Waals surface area contributed by atoms with Crippen LogP contribution in [-0.4, -0.2) is 11.2 Å². The van der Waals surface area contributed by atoms with Gasteiger partial charge in [-0.05, 0) is 97.7 Å². The van der Waals surface area contributed by atoms with Crippen molar-refractivity contribution in [2.24, 2.45) is 4.99 Å². The van der Waals surface area contributed by atoms with Gasteiger partial charge in [0.25, 0.3) is 0 Å². The summed E-state index contributed by atoms with van der Waals surface area (Å²) < 4.78 is 0. The lowest BCUT2D eigenvalue weighted by atomic mass is 9.84. The number of rotatable bonds is 4. The zero-order valence-corrected chi connectivity index (χ0v) is 24.0. The van der Waals surface area contributed by atoms with Gasteiger partial charge in [0, 0.05) is 29.6 Å². The monoisotopic (exact) mass is 550 g/mol. The normalized spacial score (nSPS) is 14.6. The number of aliphatic imine (C=N–C) groups is 1. The summed E-state index contributed by atoms with van der Waals surface area (Å²) in [5.74, 6) is 0.226. The van der Waals surface area contributed by atoms with Gasteiger partial charge in [-0.2, -0.15) is 0 Å². The summed E-state index contributed by atoms with van der Waals surface area (Å²) in [4.78, 5) is 9.39. The van der Waals surface area contributed by atoms with Gasteiger partial charge in [-0.15, -0.1) is 0 Å². The maximum Gasteiger partial charge on any atom is 0.0705 e. The first kappa shape index (κ1) is 25.4. The van der Waals surface area contributed by atoms with Crippen molar-refractivity contribution < 1.29 is 0 Å². The number of aromatic nitrogens is 1. The molecular weight excluding hydrogens is 520 g/mol. The molecule has 0 saturated carbocycles. The van der Waals surface area contributed by atoms with E-state index in [-0.39, 0.29) is 5.92 Å². The summed E-state index contributed by atoms with van der Waals surface area (Å²) in [6, 6.07) is 46.3. The number of nitrogens with zero attached hydrogens (tertiary/aromatic N) is 2. The van der Waals surface area contributed by atoms with Crippen LogP contribution in [0.25, 0.3) is 65.8 Å². The number of aryl methyl sites for hydroxylation is 1. The molecule has 2 heterocycles. The van der Waals surface area contributed by atoms with E-state index >= 15 is 0 Å². The van der Waals surface area contributed by atoms with E-state index in [1.54, 1.807) is 0 Å². The highest BCUT2D eigenvalue weighted by molar-refractivity contribution is 6.22. The van der Waals surface area contributed by atoms with Gasteiger partial charge in [-0.1, -0.05) is 109 Å². The minimum Gasteiger partial charge on any atom is -0.269 e. The van der Waals surface area contributed by atoms with Crippen molar-refractivity contribution in [1.82, 2.24) is 4.98 Å². The summed E-state index contributed by atoms with van der Waals surface area (Å²) in [5.41, 5.74) is 9.50. The van der Waals surface area contributed by atoms with Crippen molar-refractivity contribution in [1.29, 1.82) is 0 Å². The topological polar surface area (TPSA) is 25.2 Å². The molecule has 0 spiro atoms. The zero-order valence-electron chi connectivity index (χ0n) is 24.0. The van der Waals surface area contributed by atoms with Crippen LogP contribution in [0, 0.1) is 6.92 Å². The van der Waals surface area contributed by atoms with Crippen molar-refractivity contribution in [2.75, 3.05) is 0 Å². The average Bonchev–Trinajstić information content (AvgIpc) is 3.07. The molecule has 0 fully saturated rings. The Hall–Kier alpha value is -5.34. The van der Waals surface area contributed by atoms with Crippen molar-refractivity contribution in [3.05, 3.63) is 151 Å². The molecule has 0 saturated heterocycles. The van der Waals surface area contributed by atoms with Gasteiger partial charge in [-0.3, -0.25) is 9.98 Å². The fraction of sp³-hybridized carbons (Fsp3) is 0.0732. The van der Waals surface area contributed by atoms with E-state index in [1.807, 2.05) is 12.4 Å². The first-order valence-corrected chi connectivity index (χ1v) is 14.9. The quantitative estimate of drug-likeness (QED) is 0.200. The van der Waals surface area contributed by atoms with Crippen molar-refractivity contribution in [3.63, 3.8) is 0 Å². The van der Waals surface area contributed by atoms with E-state index in [4.69, 9.17) is 4.98 Å². The highest BCUT2D eigenvalue weighted by Gasteiger charge is 2.18. The van der Waals surface area contributed by atoms with Crippen LogP contribution in [0.4, 0.5) is 0 Å². The summed E-state index contributed by atoms with van der Waals surface area (Å²) in [6.45, 7) is 2.22. The predicted molar refractivity (Wildman–Crippen MR) is 183 cm³/mol. The second-order valence-corrected chi connectivity index (χ2v) is 11.4. The van der Waals surface area contributed by atoms with Crippen molar-refractivity contribution in [2.45, 2.75) is 19.3 Å². The number of hydrogen-bond acceptors (Lipinski definition) is 2. The lowest BCUT2D eigenvalue weighted by molar-refractivity contribution is 0.867. The van der Waals surface area contributed by atoms with Crippen molar-refractivity contribution in [3.8, 4) is 33.5 Å². The largest absolute Gasteiger partial charge is 0.269 e. The minimum atomic E-state index is 0.226. The number of hydrogen-bond donors (Lipinski definition) is 0. The second kappa shape index (κ2) is 10.5. The Morgan fingerprint density at radius 1 is 0.581 bits per heavy atom. The van der Waals surface area contributed by atoms with Gasteiger partial charge in [0.15, 0.2) is 0 Å². The molecule has 204 valence electrons. The molecule has 1 aromatic heterocycles. The Morgan fingerprint density at radius 2 is 1.26 bits per heavy atom. The maximum absolute atomic E-state index is 5.05. The maximum atomic E-state index is 5.05. The van der Waals surface area contributed by atoms with Crippen LogP contribution in [0.5, 0.6) is 0 Å². The van der Waals surface area contributed by atoms with E-state index in [1.165, 1.54) is 60.1 Å². The van der Waals surface area contributed by atoms with Gasteiger partial charge in [-0.25, -0.2) is 0 Å². The Bertz CT molecular complexity index is 2180. The van der Waals surface area contributed by atoms with E-state index in [0.717, 1.165) is 23.4 Å². The lowest BCUT2D eigenvalue weighted by Crippen LogP contribution is -2.04. The highest BCUT2D eigenvalue weighted by atomic mass is 14.7. The fourth-order valence-corrected chi connectivity index (χ4v) is 6.68. The van der Waals surface area contributed by atoms with Gasteiger partial charge < -0.3 is 0 Å². The number of pyridine rings is 1. The van der Waals surface area contributed by atoms with E-state index in [2.05, 4.69) is 145 Å². The summed E-state index contributed by atoms with van der Waals surface area (Å²) >= 11 is 0. The molecule has 0 bridgehead atoms. The molecule has 1 aliphatic heterocycles. The molecule has 1 aliphatic rings. The Balaban J connectivity index is 1.30. The van der Waals surface area contributed by atoms with Crippen LogP contribution in [0.3, 0.4) is 0 Å². The molecule has 0 amide bonds. The Kier molecular flexibility index (Phi) is 6.19. The number of fused-ring (bicyclic) bond motifs is 3. The van der Waals surface area contributed by atoms with Gasteiger partial charge in [0.1, 0.15) is 0 Å². The van der Waals surface area contributed by atoms with E-state index in [9.17, 15) is 0 Å². The van der Waals surface area contributed by atoms with Gasteiger partial charge in [0.05, 0.1) is 5.69 Å². The first-order chi connectivity index (χ1) is 21.2. The summed E-state index contributed by atoms with van der Waals surface area (Å²) in [7, 11) is 0. The second-order valence-electron chi connectivity index (χ2n) is 11.4. The molecule has 2 nitrogen and oxygen atoms in total. The fourth-order valence-electron chi connectivity index (χ4n) is 6.68.